The van der Waals surface area contributed by atoms with E-state index >= 15 is 0 Å². The summed E-state index contributed by atoms with van der Waals surface area (Å²) >= 11 is 0. The Labute approximate surface area is 115 Å². The van der Waals surface area contributed by atoms with Gasteiger partial charge in [-0.3, -0.25) is 0 Å². The normalized spacial score (nSPS) is 27.2. The van der Waals surface area contributed by atoms with Gasteiger partial charge in [0.15, 0.2) is 0 Å². The number of furan rings is 1. The summed E-state index contributed by atoms with van der Waals surface area (Å²) in [7, 11) is 0. The van der Waals surface area contributed by atoms with Crippen LogP contribution in [0.5, 0.6) is 0 Å². The van der Waals surface area contributed by atoms with Crippen LogP contribution < -0.4 is 5.32 Å². The SMILES string of the molecule is CCNC(c1occc1C)C1CCOC2(CCC2)C1. The molecule has 1 aliphatic heterocycles. The summed E-state index contributed by atoms with van der Waals surface area (Å²) < 4.78 is 11.8. The molecule has 2 unspecified atom stereocenters. The molecule has 1 aliphatic carbocycles. The van der Waals surface area contributed by atoms with Crippen molar-refractivity contribution in [2.75, 3.05) is 13.2 Å². The molecule has 106 valence electrons. The molecule has 19 heavy (non-hydrogen) atoms. The van der Waals surface area contributed by atoms with Crippen LogP contribution in [0.2, 0.25) is 0 Å². The third-order valence-corrected chi connectivity index (χ3v) is 4.88. The molecule has 2 aliphatic rings. The smallest absolute Gasteiger partial charge is 0.123 e. The summed E-state index contributed by atoms with van der Waals surface area (Å²) in [5.41, 5.74) is 1.47. The zero-order chi connectivity index (χ0) is 13.3. The maximum atomic E-state index is 6.05. The maximum absolute atomic E-state index is 6.05. The van der Waals surface area contributed by atoms with Crippen molar-refractivity contribution in [3.8, 4) is 0 Å². The quantitative estimate of drug-likeness (QED) is 0.901. The van der Waals surface area contributed by atoms with Gasteiger partial charge in [-0.15, -0.1) is 0 Å². The molecule has 0 radical (unpaired) electrons. The van der Waals surface area contributed by atoms with Gasteiger partial charge in [-0.25, -0.2) is 0 Å². The topological polar surface area (TPSA) is 34.4 Å². The Balaban J connectivity index is 1.78. The lowest BCUT2D eigenvalue weighted by Gasteiger charge is -2.48. The van der Waals surface area contributed by atoms with Gasteiger partial charge in [0.25, 0.3) is 0 Å². The summed E-state index contributed by atoms with van der Waals surface area (Å²) in [6.45, 7) is 6.20. The molecule has 1 spiro atoms. The van der Waals surface area contributed by atoms with Crippen molar-refractivity contribution in [1.29, 1.82) is 0 Å². The molecule has 0 aromatic carbocycles. The third-order valence-electron chi connectivity index (χ3n) is 4.88. The summed E-state index contributed by atoms with van der Waals surface area (Å²) in [6.07, 6.45) is 7.97. The van der Waals surface area contributed by atoms with Crippen LogP contribution in [0.15, 0.2) is 16.7 Å². The molecule has 2 heterocycles. The van der Waals surface area contributed by atoms with Crippen molar-refractivity contribution < 1.29 is 9.15 Å². The zero-order valence-electron chi connectivity index (χ0n) is 12.1. The largest absolute Gasteiger partial charge is 0.467 e. The van der Waals surface area contributed by atoms with E-state index in [2.05, 4.69) is 25.2 Å². The van der Waals surface area contributed by atoms with Gasteiger partial charge in [0.1, 0.15) is 5.76 Å². The Morgan fingerprint density at radius 1 is 1.47 bits per heavy atom. The minimum Gasteiger partial charge on any atom is -0.467 e. The van der Waals surface area contributed by atoms with Crippen molar-refractivity contribution in [3.63, 3.8) is 0 Å². The van der Waals surface area contributed by atoms with Gasteiger partial charge in [0, 0.05) is 6.61 Å². The van der Waals surface area contributed by atoms with Crippen LogP contribution in [-0.4, -0.2) is 18.8 Å². The first-order valence-corrected chi connectivity index (χ1v) is 7.65. The van der Waals surface area contributed by atoms with E-state index in [4.69, 9.17) is 9.15 Å². The molecule has 1 N–H and O–H groups in total. The first kappa shape index (κ1) is 13.2. The second-order valence-electron chi connectivity index (χ2n) is 6.14. The van der Waals surface area contributed by atoms with E-state index in [1.165, 1.54) is 31.2 Å². The highest BCUT2D eigenvalue weighted by molar-refractivity contribution is 5.19. The molecular weight excluding hydrogens is 238 g/mol. The molecule has 3 nitrogen and oxygen atoms in total. The summed E-state index contributed by atoms with van der Waals surface area (Å²) in [6, 6.07) is 2.42. The predicted molar refractivity (Wildman–Crippen MR) is 75.1 cm³/mol. The van der Waals surface area contributed by atoms with Crippen molar-refractivity contribution in [1.82, 2.24) is 5.32 Å². The fourth-order valence-electron chi connectivity index (χ4n) is 3.67. The molecule has 1 saturated carbocycles. The number of rotatable bonds is 4. The highest BCUT2D eigenvalue weighted by Crippen LogP contribution is 2.47. The lowest BCUT2D eigenvalue weighted by atomic mass is 9.70. The molecule has 2 atom stereocenters. The van der Waals surface area contributed by atoms with E-state index in [-0.39, 0.29) is 5.60 Å². The fraction of sp³-hybridized carbons (Fsp3) is 0.750. The van der Waals surface area contributed by atoms with Gasteiger partial charge in [-0.05, 0) is 63.1 Å². The van der Waals surface area contributed by atoms with Crippen LogP contribution in [0.1, 0.15) is 56.4 Å². The van der Waals surface area contributed by atoms with Gasteiger partial charge >= 0.3 is 0 Å². The predicted octanol–water partition coefficient (Wildman–Crippen LogP) is 3.59. The highest BCUT2D eigenvalue weighted by atomic mass is 16.5. The first-order valence-electron chi connectivity index (χ1n) is 7.65. The number of hydrogen-bond donors (Lipinski definition) is 1. The summed E-state index contributed by atoms with van der Waals surface area (Å²) in [5, 5.41) is 3.63. The van der Waals surface area contributed by atoms with Crippen LogP contribution in [0, 0.1) is 12.8 Å². The van der Waals surface area contributed by atoms with Crippen LogP contribution >= 0.6 is 0 Å². The molecule has 3 heteroatoms. The van der Waals surface area contributed by atoms with E-state index < -0.39 is 0 Å². The maximum Gasteiger partial charge on any atom is 0.123 e. The van der Waals surface area contributed by atoms with Gasteiger partial charge < -0.3 is 14.5 Å². The molecular formula is C16H25NO2. The number of hydrogen-bond acceptors (Lipinski definition) is 3. The number of aryl methyl sites for hydroxylation is 1. The Kier molecular flexibility index (Phi) is 3.68. The van der Waals surface area contributed by atoms with E-state index in [9.17, 15) is 0 Å². The molecule has 1 saturated heterocycles. The fourth-order valence-corrected chi connectivity index (χ4v) is 3.67. The average molecular weight is 263 g/mol. The highest BCUT2D eigenvalue weighted by Gasteiger charge is 2.45. The molecule has 2 fully saturated rings. The van der Waals surface area contributed by atoms with Crippen LogP contribution in [0.3, 0.4) is 0 Å². The zero-order valence-corrected chi connectivity index (χ0v) is 12.1. The van der Waals surface area contributed by atoms with Gasteiger partial charge in [-0.1, -0.05) is 6.92 Å². The Morgan fingerprint density at radius 3 is 2.89 bits per heavy atom. The Bertz CT molecular complexity index is 422. The van der Waals surface area contributed by atoms with Gasteiger partial charge in [0.2, 0.25) is 0 Å². The van der Waals surface area contributed by atoms with Gasteiger partial charge in [0.05, 0.1) is 17.9 Å². The molecule has 1 aromatic rings. The Morgan fingerprint density at radius 2 is 2.32 bits per heavy atom. The van der Waals surface area contributed by atoms with Crippen molar-refractivity contribution in [2.24, 2.45) is 5.92 Å². The van der Waals surface area contributed by atoms with E-state index in [0.29, 0.717) is 12.0 Å². The van der Waals surface area contributed by atoms with Gasteiger partial charge in [-0.2, -0.15) is 0 Å². The third kappa shape index (κ3) is 2.46. The minimum absolute atomic E-state index is 0.205. The standard InChI is InChI=1S/C16H25NO2/c1-3-17-14(15-12(2)5-9-18-15)13-6-10-19-16(11-13)7-4-8-16/h5,9,13-14,17H,3-4,6-8,10-11H2,1-2H3. The second-order valence-corrected chi connectivity index (χ2v) is 6.14. The van der Waals surface area contributed by atoms with E-state index in [0.717, 1.165) is 25.3 Å². The average Bonchev–Trinajstić information content (AvgIpc) is 2.80. The summed E-state index contributed by atoms with van der Waals surface area (Å²) in [5.74, 6) is 1.77. The van der Waals surface area contributed by atoms with Crippen LogP contribution in [0.4, 0.5) is 0 Å². The van der Waals surface area contributed by atoms with Crippen molar-refractivity contribution in [3.05, 3.63) is 23.7 Å². The first-order chi connectivity index (χ1) is 9.24. The Hall–Kier alpha value is -0.800. The number of nitrogens with one attached hydrogen (secondary N) is 1. The molecule has 3 rings (SSSR count). The minimum atomic E-state index is 0.205. The molecule has 0 bridgehead atoms. The van der Waals surface area contributed by atoms with E-state index in [1.807, 2.05) is 6.26 Å². The van der Waals surface area contributed by atoms with Crippen LogP contribution in [-0.2, 0) is 4.74 Å². The monoisotopic (exact) mass is 263 g/mol. The lowest BCUT2D eigenvalue weighted by molar-refractivity contribution is -0.148. The molecule has 1 aromatic heterocycles. The van der Waals surface area contributed by atoms with Crippen LogP contribution in [0.25, 0.3) is 0 Å². The molecule has 0 amide bonds. The van der Waals surface area contributed by atoms with E-state index in [1.54, 1.807) is 0 Å². The summed E-state index contributed by atoms with van der Waals surface area (Å²) in [4.78, 5) is 0. The van der Waals surface area contributed by atoms with Crippen molar-refractivity contribution in [2.45, 2.75) is 57.6 Å². The lowest BCUT2D eigenvalue weighted by Crippen LogP contribution is -2.48. The second kappa shape index (κ2) is 5.29. The number of ether oxygens (including phenoxy) is 1. The van der Waals surface area contributed by atoms with Crippen molar-refractivity contribution >= 4 is 0 Å².